The zero-order valence-electron chi connectivity index (χ0n) is 20.5. The van der Waals surface area contributed by atoms with E-state index in [-0.39, 0.29) is 28.2 Å². The van der Waals surface area contributed by atoms with Crippen LogP contribution in [0.3, 0.4) is 0 Å². The number of nitrogens with one attached hydrogen (secondary N) is 1. The van der Waals surface area contributed by atoms with Crippen LogP contribution in [0.2, 0.25) is 10.0 Å². The predicted octanol–water partition coefficient (Wildman–Crippen LogP) is 4.73. The number of nitrogens with zero attached hydrogens (tertiary/aromatic N) is 2. The van der Waals surface area contributed by atoms with Gasteiger partial charge >= 0.3 is 6.09 Å². The number of hydrogen-bond acceptors (Lipinski definition) is 6. The van der Waals surface area contributed by atoms with E-state index in [1.165, 1.54) is 11.8 Å². The molecule has 2 heterocycles. The highest BCUT2D eigenvalue weighted by Gasteiger charge is 2.50. The first-order chi connectivity index (χ1) is 17.3. The van der Waals surface area contributed by atoms with E-state index in [0.717, 1.165) is 5.56 Å². The maximum atomic E-state index is 13.5. The molecule has 8 nitrogen and oxygen atoms in total. The molecule has 2 amide bonds. The summed E-state index contributed by atoms with van der Waals surface area (Å²) in [5.74, 6) is -0.721. The molecular formula is C25H27Cl2N3O5S2. The van der Waals surface area contributed by atoms with E-state index in [9.17, 15) is 18.0 Å². The number of carbonyl (C=O) groups is 2. The standard InChI is InChI=1S/C25H27Cl2N3O5S2/c1-25(2,3)35-24(32)28-17(12-15-8-5-4-6-9-15)22(31)29-23-30(18-11-7-10-16(26)21(18)27)19-13-37(33,34)14-20(19)36-23/h4-11,17,19-20H,12-14H2,1-3H3,(H,28,32). The fraction of sp³-hybridized carbons (Fsp3) is 0.400. The number of hydrogen-bond donors (Lipinski definition) is 1. The number of alkyl carbamates (subject to hydrolysis) is 1. The zero-order valence-corrected chi connectivity index (χ0v) is 23.6. The molecule has 1 N–H and O–H groups in total. The largest absolute Gasteiger partial charge is 0.444 e. The second-order valence-corrected chi connectivity index (χ2v) is 14.0. The third-order valence-corrected chi connectivity index (χ3v) is 9.75. The van der Waals surface area contributed by atoms with Crippen LogP contribution in [-0.2, 0) is 25.8 Å². The molecule has 198 valence electrons. The van der Waals surface area contributed by atoms with Gasteiger partial charge in [-0.3, -0.25) is 4.79 Å². The first kappa shape index (κ1) is 27.8. The number of aliphatic imine (C=N–C) groups is 1. The van der Waals surface area contributed by atoms with Crippen LogP contribution in [0, 0.1) is 0 Å². The topological polar surface area (TPSA) is 105 Å². The van der Waals surface area contributed by atoms with Crippen LogP contribution in [0.1, 0.15) is 26.3 Å². The third-order valence-electron chi connectivity index (χ3n) is 5.73. The molecule has 2 saturated heterocycles. The van der Waals surface area contributed by atoms with Gasteiger partial charge in [-0.25, -0.2) is 13.2 Å². The van der Waals surface area contributed by atoms with Crippen molar-refractivity contribution in [3.63, 3.8) is 0 Å². The Morgan fingerprint density at radius 2 is 1.84 bits per heavy atom. The Labute approximate surface area is 230 Å². The van der Waals surface area contributed by atoms with Crippen LogP contribution in [0.4, 0.5) is 10.5 Å². The number of amidine groups is 1. The summed E-state index contributed by atoms with van der Waals surface area (Å²) < 4.78 is 30.1. The van der Waals surface area contributed by atoms with Crippen LogP contribution in [0.5, 0.6) is 0 Å². The summed E-state index contributed by atoms with van der Waals surface area (Å²) in [6.07, 6.45) is -0.543. The summed E-state index contributed by atoms with van der Waals surface area (Å²) in [6, 6.07) is 12.8. The number of amides is 2. The molecule has 2 fully saturated rings. The zero-order chi connectivity index (χ0) is 27.0. The summed E-state index contributed by atoms with van der Waals surface area (Å²) >= 11 is 13.9. The first-order valence-corrected chi connectivity index (χ1v) is 15.0. The Morgan fingerprint density at radius 1 is 1.14 bits per heavy atom. The lowest BCUT2D eigenvalue weighted by Crippen LogP contribution is -2.45. The van der Waals surface area contributed by atoms with E-state index in [0.29, 0.717) is 15.9 Å². The van der Waals surface area contributed by atoms with Crippen LogP contribution in [-0.4, -0.2) is 60.0 Å². The highest BCUT2D eigenvalue weighted by atomic mass is 35.5. The second kappa shape index (κ2) is 10.8. The minimum absolute atomic E-state index is 0.0339. The molecule has 0 radical (unpaired) electrons. The molecule has 0 aromatic heterocycles. The van der Waals surface area contributed by atoms with Gasteiger partial charge in [0.25, 0.3) is 5.91 Å². The lowest BCUT2D eigenvalue weighted by Gasteiger charge is -2.26. The smallest absolute Gasteiger partial charge is 0.408 e. The Morgan fingerprint density at radius 3 is 2.51 bits per heavy atom. The fourth-order valence-electron chi connectivity index (χ4n) is 4.20. The van der Waals surface area contributed by atoms with Gasteiger partial charge in [0.05, 0.1) is 33.3 Å². The second-order valence-electron chi connectivity index (χ2n) is 9.86. The summed E-state index contributed by atoms with van der Waals surface area (Å²) in [7, 11) is -3.26. The molecule has 0 aliphatic carbocycles. The van der Waals surface area contributed by atoms with Gasteiger partial charge < -0.3 is 15.0 Å². The van der Waals surface area contributed by atoms with Crippen molar-refractivity contribution in [2.45, 2.75) is 50.1 Å². The predicted molar refractivity (Wildman–Crippen MR) is 149 cm³/mol. The van der Waals surface area contributed by atoms with Crippen molar-refractivity contribution < 1.29 is 22.7 Å². The van der Waals surface area contributed by atoms with E-state index in [1.54, 1.807) is 43.9 Å². The van der Waals surface area contributed by atoms with E-state index in [2.05, 4.69) is 10.3 Å². The molecule has 3 unspecified atom stereocenters. The van der Waals surface area contributed by atoms with E-state index < -0.39 is 39.5 Å². The fourth-order valence-corrected chi connectivity index (χ4v) is 8.50. The number of rotatable bonds is 5. The molecule has 0 spiro atoms. The van der Waals surface area contributed by atoms with Gasteiger partial charge in [0, 0.05) is 11.7 Å². The number of fused-ring (bicyclic) bond motifs is 1. The number of benzene rings is 2. The monoisotopic (exact) mass is 583 g/mol. The number of thioether (sulfide) groups is 1. The number of sulfone groups is 1. The summed E-state index contributed by atoms with van der Waals surface area (Å²) in [5.41, 5.74) is 0.548. The first-order valence-electron chi connectivity index (χ1n) is 11.6. The number of halogens is 2. The minimum Gasteiger partial charge on any atom is -0.444 e. The van der Waals surface area contributed by atoms with Gasteiger partial charge in [0.1, 0.15) is 11.6 Å². The maximum Gasteiger partial charge on any atom is 0.408 e. The minimum atomic E-state index is -3.26. The summed E-state index contributed by atoms with van der Waals surface area (Å²) in [6.45, 7) is 5.19. The Bertz CT molecular complexity index is 1330. The number of anilines is 1. The maximum absolute atomic E-state index is 13.5. The van der Waals surface area contributed by atoms with Gasteiger partial charge in [0.2, 0.25) is 0 Å². The van der Waals surface area contributed by atoms with Crippen molar-refractivity contribution in [3.8, 4) is 0 Å². The molecule has 0 bridgehead atoms. The average Bonchev–Trinajstić information content (AvgIpc) is 3.25. The third kappa shape index (κ3) is 6.79. The van der Waals surface area contributed by atoms with E-state index in [1.807, 2.05) is 30.3 Å². The molecule has 2 aromatic rings. The Hall–Kier alpha value is -2.27. The molecular weight excluding hydrogens is 557 g/mol. The normalized spacial score (nSPS) is 22.5. The van der Waals surface area contributed by atoms with Crippen LogP contribution in [0.25, 0.3) is 0 Å². The molecule has 3 atom stereocenters. The van der Waals surface area contributed by atoms with Gasteiger partial charge in [0.15, 0.2) is 15.0 Å². The van der Waals surface area contributed by atoms with Crippen molar-refractivity contribution in [2.24, 2.45) is 4.99 Å². The van der Waals surface area contributed by atoms with E-state index >= 15 is 0 Å². The van der Waals surface area contributed by atoms with Crippen molar-refractivity contribution in [1.82, 2.24) is 5.32 Å². The number of ether oxygens (including phenoxy) is 1. The Kier molecular flexibility index (Phi) is 8.13. The molecule has 0 saturated carbocycles. The average molecular weight is 585 g/mol. The SMILES string of the molecule is CC(C)(C)OC(=O)NC(Cc1ccccc1)C(=O)N=C1SC2CS(=O)(=O)CC2N1c1cccc(Cl)c1Cl. The van der Waals surface area contributed by atoms with Crippen molar-refractivity contribution in [2.75, 3.05) is 16.4 Å². The Balaban J connectivity index is 1.68. The van der Waals surface area contributed by atoms with Crippen LogP contribution >= 0.6 is 35.0 Å². The molecule has 4 rings (SSSR count). The summed E-state index contributed by atoms with van der Waals surface area (Å²) in [4.78, 5) is 32.1. The van der Waals surface area contributed by atoms with Crippen molar-refractivity contribution >= 4 is 67.7 Å². The highest BCUT2D eigenvalue weighted by molar-refractivity contribution is 8.16. The molecule has 12 heteroatoms. The number of carbonyl (C=O) groups excluding carboxylic acids is 2. The van der Waals surface area contributed by atoms with Crippen LogP contribution < -0.4 is 10.2 Å². The van der Waals surface area contributed by atoms with Gasteiger partial charge in [-0.15, -0.1) is 0 Å². The van der Waals surface area contributed by atoms with Gasteiger partial charge in [-0.1, -0.05) is 71.4 Å². The highest BCUT2D eigenvalue weighted by Crippen LogP contribution is 2.44. The van der Waals surface area contributed by atoms with Crippen molar-refractivity contribution in [3.05, 3.63) is 64.1 Å². The summed E-state index contributed by atoms with van der Waals surface area (Å²) in [5, 5.41) is 3.17. The lowest BCUT2D eigenvalue weighted by atomic mass is 10.1. The molecule has 2 aliphatic rings. The van der Waals surface area contributed by atoms with Gasteiger partial charge in [-0.2, -0.15) is 4.99 Å². The van der Waals surface area contributed by atoms with Crippen LogP contribution in [0.15, 0.2) is 53.5 Å². The quantitative estimate of drug-likeness (QED) is 0.542. The lowest BCUT2D eigenvalue weighted by molar-refractivity contribution is -0.119. The molecule has 2 aliphatic heterocycles. The molecule has 37 heavy (non-hydrogen) atoms. The van der Waals surface area contributed by atoms with Crippen molar-refractivity contribution in [1.29, 1.82) is 0 Å². The van der Waals surface area contributed by atoms with Gasteiger partial charge in [-0.05, 0) is 38.5 Å². The molecule has 2 aromatic carbocycles. The van der Waals surface area contributed by atoms with E-state index in [4.69, 9.17) is 27.9 Å².